The Hall–Kier alpha value is -1.29. The number of methoxy groups -OCH3 is 1. The SMILES string of the molecule is CCCC1CCC(NC(C)c2ccc(C(=O)OC)o2)CC1. The number of carbonyl (C=O) groups is 1. The van der Waals surface area contributed by atoms with Gasteiger partial charge in [-0.05, 0) is 50.7 Å². The third-order valence-electron chi connectivity index (χ3n) is 4.47. The molecule has 1 unspecified atom stereocenters. The fourth-order valence-corrected chi connectivity index (χ4v) is 3.26. The highest BCUT2D eigenvalue weighted by Gasteiger charge is 2.23. The van der Waals surface area contributed by atoms with E-state index in [0.717, 1.165) is 11.7 Å². The molecule has 1 aromatic rings. The Labute approximate surface area is 127 Å². The maximum Gasteiger partial charge on any atom is 0.373 e. The second-order valence-electron chi connectivity index (χ2n) is 6.09. The van der Waals surface area contributed by atoms with Crippen molar-refractivity contribution >= 4 is 5.97 Å². The zero-order valence-electron chi connectivity index (χ0n) is 13.4. The molecule has 2 rings (SSSR count). The Balaban J connectivity index is 1.83. The normalized spacial score (nSPS) is 23.8. The van der Waals surface area contributed by atoms with Gasteiger partial charge < -0.3 is 14.5 Å². The molecular weight excluding hydrogens is 266 g/mol. The predicted molar refractivity (Wildman–Crippen MR) is 82.3 cm³/mol. The zero-order chi connectivity index (χ0) is 15.2. The van der Waals surface area contributed by atoms with E-state index >= 15 is 0 Å². The van der Waals surface area contributed by atoms with Crippen LogP contribution in [0.1, 0.15) is 74.7 Å². The largest absolute Gasteiger partial charge is 0.463 e. The van der Waals surface area contributed by atoms with Gasteiger partial charge in [0, 0.05) is 6.04 Å². The summed E-state index contributed by atoms with van der Waals surface area (Å²) < 4.78 is 10.2. The average Bonchev–Trinajstić information content (AvgIpc) is 2.99. The average molecular weight is 293 g/mol. The molecule has 0 spiro atoms. The molecular formula is C17H27NO3. The molecule has 118 valence electrons. The molecule has 4 heteroatoms. The molecule has 0 aromatic carbocycles. The van der Waals surface area contributed by atoms with Gasteiger partial charge in [0.25, 0.3) is 0 Å². The van der Waals surface area contributed by atoms with E-state index in [0.29, 0.717) is 6.04 Å². The van der Waals surface area contributed by atoms with E-state index in [1.54, 1.807) is 6.07 Å². The fraction of sp³-hybridized carbons (Fsp3) is 0.706. The highest BCUT2D eigenvalue weighted by molar-refractivity contribution is 5.86. The first-order valence-electron chi connectivity index (χ1n) is 8.08. The van der Waals surface area contributed by atoms with Crippen LogP contribution in [0.25, 0.3) is 0 Å². The van der Waals surface area contributed by atoms with E-state index in [9.17, 15) is 4.79 Å². The Kier molecular flexibility index (Phi) is 5.85. The first-order valence-corrected chi connectivity index (χ1v) is 8.08. The molecule has 1 saturated carbocycles. The lowest BCUT2D eigenvalue weighted by Gasteiger charge is -2.30. The van der Waals surface area contributed by atoms with Gasteiger partial charge in [-0.25, -0.2) is 4.79 Å². The summed E-state index contributed by atoms with van der Waals surface area (Å²) in [6.07, 6.45) is 7.78. The van der Waals surface area contributed by atoms with Crippen molar-refractivity contribution in [2.45, 2.75) is 64.5 Å². The molecule has 0 saturated heterocycles. The lowest BCUT2D eigenvalue weighted by atomic mass is 9.83. The monoisotopic (exact) mass is 293 g/mol. The summed E-state index contributed by atoms with van der Waals surface area (Å²) in [6.45, 7) is 4.35. The van der Waals surface area contributed by atoms with Crippen LogP contribution in [-0.4, -0.2) is 19.1 Å². The minimum absolute atomic E-state index is 0.121. The molecule has 0 radical (unpaired) electrons. The van der Waals surface area contributed by atoms with Crippen LogP contribution >= 0.6 is 0 Å². The van der Waals surface area contributed by atoms with Crippen molar-refractivity contribution in [1.29, 1.82) is 0 Å². The van der Waals surface area contributed by atoms with Crippen LogP contribution in [0.3, 0.4) is 0 Å². The van der Waals surface area contributed by atoms with Crippen LogP contribution in [0.2, 0.25) is 0 Å². The lowest BCUT2D eigenvalue weighted by molar-refractivity contribution is 0.0562. The molecule has 1 heterocycles. The van der Waals surface area contributed by atoms with Crippen molar-refractivity contribution in [2.24, 2.45) is 5.92 Å². The minimum Gasteiger partial charge on any atom is -0.463 e. The van der Waals surface area contributed by atoms with Gasteiger partial charge in [0.2, 0.25) is 5.76 Å². The van der Waals surface area contributed by atoms with Gasteiger partial charge in [-0.3, -0.25) is 0 Å². The second-order valence-corrected chi connectivity index (χ2v) is 6.09. The number of hydrogen-bond acceptors (Lipinski definition) is 4. The Morgan fingerprint density at radius 1 is 1.38 bits per heavy atom. The molecule has 4 nitrogen and oxygen atoms in total. The molecule has 0 bridgehead atoms. The molecule has 1 aliphatic carbocycles. The van der Waals surface area contributed by atoms with Gasteiger partial charge >= 0.3 is 5.97 Å². The summed E-state index contributed by atoms with van der Waals surface area (Å²) in [6, 6.07) is 4.21. The van der Waals surface area contributed by atoms with Gasteiger partial charge in [-0.1, -0.05) is 19.8 Å². The maximum atomic E-state index is 11.4. The molecule has 1 aromatic heterocycles. The molecule has 1 fully saturated rings. The molecule has 21 heavy (non-hydrogen) atoms. The number of furan rings is 1. The van der Waals surface area contributed by atoms with Gasteiger partial charge in [-0.15, -0.1) is 0 Å². The topological polar surface area (TPSA) is 51.5 Å². The van der Waals surface area contributed by atoms with E-state index in [-0.39, 0.29) is 11.8 Å². The summed E-state index contributed by atoms with van der Waals surface area (Å²) in [5, 5.41) is 3.62. The standard InChI is InChI=1S/C17H27NO3/c1-4-5-13-6-8-14(9-7-13)18-12(2)15-10-11-16(21-15)17(19)20-3/h10-14,18H,4-9H2,1-3H3. The maximum absolute atomic E-state index is 11.4. The van der Waals surface area contributed by atoms with Crippen LogP contribution in [0.5, 0.6) is 0 Å². The van der Waals surface area contributed by atoms with E-state index in [1.165, 1.54) is 45.6 Å². The van der Waals surface area contributed by atoms with Gasteiger partial charge in [0.1, 0.15) is 5.76 Å². The van der Waals surface area contributed by atoms with Crippen molar-refractivity contribution in [3.63, 3.8) is 0 Å². The summed E-state index contributed by atoms with van der Waals surface area (Å²) in [7, 11) is 1.36. The highest BCUT2D eigenvalue weighted by atomic mass is 16.5. The van der Waals surface area contributed by atoms with Crippen LogP contribution in [0, 0.1) is 5.92 Å². The highest BCUT2D eigenvalue weighted by Crippen LogP contribution is 2.29. The number of rotatable bonds is 6. The van der Waals surface area contributed by atoms with E-state index in [2.05, 4.69) is 23.9 Å². The third-order valence-corrected chi connectivity index (χ3v) is 4.47. The van der Waals surface area contributed by atoms with Crippen molar-refractivity contribution in [1.82, 2.24) is 5.32 Å². The Morgan fingerprint density at radius 3 is 2.71 bits per heavy atom. The quantitative estimate of drug-likeness (QED) is 0.803. The molecule has 1 atom stereocenters. The summed E-state index contributed by atoms with van der Waals surface area (Å²) in [4.78, 5) is 11.4. The molecule has 1 N–H and O–H groups in total. The number of nitrogens with one attached hydrogen (secondary N) is 1. The number of esters is 1. The van der Waals surface area contributed by atoms with Gasteiger partial charge in [-0.2, -0.15) is 0 Å². The van der Waals surface area contributed by atoms with Crippen LogP contribution in [0.15, 0.2) is 16.5 Å². The zero-order valence-corrected chi connectivity index (χ0v) is 13.4. The summed E-state index contributed by atoms with van der Waals surface area (Å²) in [5.74, 6) is 1.56. The van der Waals surface area contributed by atoms with Crippen molar-refractivity contribution < 1.29 is 13.9 Å². The van der Waals surface area contributed by atoms with E-state index in [1.807, 2.05) is 6.07 Å². The Morgan fingerprint density at radius 2 is 2.10 bits per heavy atom. The van der Waals surface area contributed by atoms with E-state index < -0.39 is 5.97 Å². The minimum atomic E-state index is -0.423. The lowest BCUT2D eigenvalue weighted by Crippen LogP contribution is -2.34. The van der Waals surface area contributed by atoms with Gasteiger partial charge in [0.15, 0.2) is 0 Å². The summed E-state index contributed by atoms with van der Waals surface area (Å²) in [5.41, 5.74) is 0. The Bertz CT molecular complexity index is 447. The molecule has 0 aliphatic heterocycles. The van der Waals surface area contributed by atoms with Crippen LogP contribution in [-0.2, 0) is 4.74 Å². The van der Waals surface area contributed by atoms with E-state index in [4.69, 9.17) is 4.42 Å². The first kappa shape index (κ1) is 16.1. The fourth-order valence-electron chi connectivity index (χ4n) is 3.26. The van der Waals surface area contributed by atoms with Crippen LogP contribution in [0.4, 0.5) is 0 Å². The predicted octanol–water partition coefficient (Wildman–Crippen LogP) is 4.08. The van der Waals surface area contributed by atoms with Crippen LogP contribution < -0.4 is 5.32 Å². The van der Waals surface area contributed by atoms with Crippen molar-refractivity contribution in [2.75, 3.05) is 7.11 Å². The first-order chi connectivity index (χ1) is 10.1. The smallest absolute Gasteiger partial charge is 0.373 e. The third kappa shape index (κ3) is 4.34. The molecule has 0 amide bonds. The number of ether oxygens (including phenoxy) is 1. The number of carbonyl (C=O) groups excluding carboxylic acids is 1. The summed E-state index contributed by atoms with van der Waals surface area (Å²) >= 11 is 0. The molecule has 1 aliphatic rings. The number of hydrogen-bond donors (Lipinski definition) is 1. The van der Waals surface area contributed by atoms with Crippen molar-refractivity contribution in [3.05, 3.63) is 23.7 Å². The second kappa shape index (κ2) is 7.64. The van der Waals surface area contributed by atoms with Gasteiger partial charge in [0.05, 0.1) is 13.2 Å². The van der Waals surface area contributed by atoms with Crippen molar-refractivity contribution in [3.8, 4) is 0 Å².